The van der Waals surface area contributed by atoms with Crippen LogP contribution < -0.4 is 20.5 Å². The lowest BCUT2D eigenvalue weighted by Gasteiger charge is -2.34. The molecule has 2 N–H and O–H groups in total. The largest absolute Gasteiger partial charge is 0.442 e. The maximum atomic E-state index is 15.1. The number of carbonyl (C=O) groups excluding carboxylic acids is 2. The van der Waals surface area contributed by atoms with Crippen LogP contribution in [-0.2, 0) is 14.4 Å². The number of thiocarbonyl (C=S) groups is 1. The third-order valence-corrected chi connectivity index (χ3v) is 6.54. The van der Waals surface area contributed by atoms with Gasteiger partial charge in [-0.2, -0.15) is 0 Å². The highest BCUT2D eigenvalue weighted by Crippen LogP contribution is 2.31. The third kappa shape index (κ3) is 6.30. The van der Waals surface area contributed by atoms with Crippen LogP contribution in [0.25, 0.3) is 0 Å². The van der Waals surface area contributed by atoms with E-state index in [9.17, 15) is 9.59 Å². The summed E-state index contributed by atoms with van der Waals surface area (Å²) in [6, 6.07) is 2.23. The molecule has 1 atom stereocenters. The molecular formula is C22H31F2N7O4S. The van der Waals surface area contributed by atoms with Crippen molar-refractivity contribution in [2.24, 2.45) is 0 Å². The minimum Gasteiger partial charge on any atom is -0.442 e. The molecular weight excluding hydrogens is 496 g/mol. The maximum absolute atomic E-state index is 15.1. The Kier molecular flexibility index (Phi) is 8.39. The molecule has 0 bridgehead atoms. The zero-order chi connectivity index (χ0) is 25.8. The molecule has 3 saturated heterocycles. The second-order valence-corrected chi connectivity index (χ2v) is 9.33. The fourth-order valence-electron chi connectivity index (χ4n) is 4.25. The van der Waals surface area contributed by atoms with Gasteiger partial charge >= 0.3 is 6.09 Å². The highest BCUT2D eigenvalue weighted by molar-refractivity contribution is 7.80. The number of benzene rings is 1. The van der Waals surface area contributed by atoms with E-state index in [-0.39, 0.29) is 50.1 Å². The number of halogens is 2. The Morgan fingerprint density at radius 1 is 1.11 bits per heavy atom. The molecule has 1 aromatic carbocycles. The van der Waals surface area contributed by atoms with Crippen LogP contribution in [0.2, 0.25) is 0 Å². The highest BCUT2D eigenvalue weighted by atomic mass is 32.1. The summed E-state index contributed by atoms with van der Waals surface area (Å²) in [4.78, 5) is 34.0. The number of ether oxygens (including phenoxy) is 1. The Morgan fingerprint density at radius 3 is 2.47 bits per heavy atom. The lowest BCUT2D eigenvalue weighted by atomic mass is 10.2. The van der Waals surface area contributed by atoms with Gasteiger partial charge in [-0.05, 0) is 19.3 Å². The molecule has 4 rings (SSSR count). The average molecular weight is 528 g/mol. The fraction of sp³-hybridized carbons (Fsp3) is 0.591. The van der Waals surface area contributed by atoms with Crippen molar-refractivity contribution in [1.29, 1.82) is 0 Å². The number of hydrogen-bond donors (Lipinski definition) is 2. The molecule has 3 aliphatic heterocycles. The van der Waals surface area contributed by atoms with E-state index < -0.39 is 23.8 Å². The molecule has 11 nitrogen and oxygen atoms in total. The van der Waals surface area contributed by atoms with Crippen molar-refractivity contribution in [3.05, 3.63) is 23.8 Å². The normalized spacial score (nSPS) is 21.8. The van der Waals surface area contributed by atoms with Crippen LogP contribution in [-0.4, -0.2) is 111 Å². The number of cyclic esters (lactones) is 1. The molecule has 3 fully saturated rings. The minimum absolute atomic E-state index is 0.0503. The van der Waals surface area contributed by atoms with Gasteiger partial charge < -0.3 is 19.9 Å². The van der Waals surface area contributed by atoms with Crippen molar-refractivity contribution in [3.8, 4) is 0 Å². The van der Waals surface area contributed by atoms with Crippen molar-refractivity contribution in [2.75, 3.05) is 82.4 Å². The van der Waals surface area contributed by atoms with Crippen LogP contribution in [0.1, 0.15) is 6.92 Å². The summed E-state index contributed by atoms with van der Waals surface area (Å²) in [5, 5.41) is 6.53. The monoisotopic (exact) mass is 527 g/mol. The second-order valence-electron chi connectivity index (χ2n) is 8.94. The van der Waals surface area contributed by atoms with Gasteiger partial charge in [-0.3, -0.25) is 20.0 Å². The Balaban J connectivity index is 1.37. The number of amides is 2. The molecule has 36 heavy (non-hydrogen) atoms. The second kappa shape index (κ2) is 11.5. The van der Waals surface area contributed by atoms with Crippen LogP contribution in [0.15, 0.2) is 12.1 Å². The van der Waals surface area contributed by atoms with Crippen molar-refractivity contribution >= 4 is 40.7 Å². The van der Waals surface area contributed by atoms with Gasteiger partial charge in [-0.25, -0.2) is 23.6 Å². The first-order valence-corrected chi connectivity index (χ1v) is 12.2. The molecule has 1 aromatic rings. The van der Waals surface area contributed by atoms with Crippen LogP contribution >= 0.6 is 12.2 Å². The van der Waals surface area contributed by atoms with Gasteiger partial charge in [0, 0.05) is 58.3 Å². The quantitative estimate of drug-likeness (QED) is 0.528. The first kappa shape index (κ1) is 26.3. The van der Waals surface area contributed by atoms with Crippen molar-refractivity contribution in [2.45, 2.75) is 13.0 Å². The first-order chi connectivity index (χ1) is 17.2. The molecule has 2 amide bonds. The zero-order valence-corrected chi connectivity index (χ0v) is 21.2. The van der Waals surface area contributed by atoms with Gasteiger partial charge in [0.1, 0.15) is 11.8 Å². The molecule has 0 radical (unpaired) electrons. The Bertz CT molecular complexity index is 972. The summed E-state index contributed by atoms with van der Waals surface area (Å²) < 4.78 is 35.5. The summed E-state index contributed by atoms with van der Waals surface area (Å²) in [6.45, 7) is 6.05. The van der Waals surface area contributed by atoms with Crippen molar-refractivity contribution < 1.29 is 27.9 Å². The third-order valence-electron chi connectivity index (χ3n) is 6.25. The zero-order valence-electron chi connectivity index (χ0n) is 20.3. The van der Waals surface area contributed by atoms with E-state index in [4.69, 9.17) is 21.8 Å². The number of hydrazine groups is 1. The molecule has 198 valence electrons. The number of anilines is 2. The molecule has 0 saturated carbocycles. The SMILES string of the molecule is CC(=O)NC[C@H]1CN(c2cc(F)c(N3CCON(C(=S)NN4CCN(C)CC4)CC3)c(F)c2)C(=O)O1. The predicted octanol–water partition coefficient (Wildman–Crippen LogP) is 0.517. The molecule has 0 unspecified atom stereocenters. The predicted molar refractivity (Wildman–Crippen MR) is 132 cm³/mol. The fourth-order valence-corrected chi connectivity index (χ4v) is 4.52. The minimum atomic E-state index is -0.797. The number of likely N-dealkylation sites (N-methyl/N-ethyl adjacent to an activating group) is 1. The van der Waals surface area contributed by atoms with Crippen molar-refractivity contribution in [1.82, 2.24) is 25.7 Å². The van der Waals surface area contributed by atoms with Crippen LogP contribution in [0.3, 0.4) is 0 Å². The van der Waals surface area contributed by atoms with Gasteiger partial charge in [0.15, 0.2) is 11.6 Å². The number of rotatable bonds is 5. The lowest BCUT2D eigenvalue weighted by Crippen LogP contribution is -2.55. The topological polar surface area (TPSA) is 92.9 Å². The summed E-state index contributed by atoms with van der Waals surface area (Å²) in [5.74, 6) is -1.86. The number of carbonyl (C=O) groups is 2. The maximum Gasteiger partial charge on any atom is 0.414 e. The van der Waals surface area contributed by atoms with Gasteiger partial charge in [0.2, 0.25) is 11.0 Å². The van der Waals surface area contributed by atoms with Gasteiger partial charge in [0.05, 0.1) is 31.9 Å². The molecule has 0 aromatic heterocycles. The summed E-state index contributed by atoms with van der Waals surface area (Å²) >= 11 is 5.48. The number of piperazine rings is 1. The van der Waals surface area contributed by atoms with E-state index in [2.05, 4.69) is 22.7 Å². The smallest absolute Gasteiger partial charge is 0.414 e. The molecule has 0 aliphatic carbocycles. The lowest BCUT2D eigenvalue weighted by molar-refractivity contribution is -0.119. The van der Waals surface area contributed by atoms with E-state index in [0.717, 1.165) is 43.2 Å². The number of hydroxylamine groups is 2. The number of nitrogens with zero attached hydrogens (tertiary/aromatic N) is 5. The van der Waals surface area contributed by atoms with Crippen molar-refractivity contribution in [3.63, 3.8) is 0 Å². The molecule has 3 heterocycles. The van der Waals surface area contributed by atoms with E-state index in [1.807, 2.05) is 5.01 Å². The van der Waals surface area contributed by atoms with E-state index in [1.165, 1.54) is 12.0 Å². The van der Waals surface area contributed by atoms with Crippen LogP contribution in [0.4, 0.5) is 25.0 Å². The molecule has 3 aliphatic rings. The number of nitrogens with one attached hydrogen (secondary N) is 2. The molecule has 14 heteroatoms. The summed E-state index contributed by atoms with van der Waals surface area (Å²) in [5.41, 5.74) is 3.04. The van der Waals surface area contributed by atoms with Crippen LogP contribution in [0, 0.1) is 11.6 Å². The molecule has 0 spiro atoms. The highest BCUT2D eigenvalue weighted by Gasteiger charge is 2.34. The Labute approximate surface area is 213 Å². The van der Waals surface area contributed by atoms with E-state index in [1.54, 1.807) is 4.90 Å². The van der Waals surface area contributed by atoms with Crippen LogP contribution in [0.5, 0.6) is 0 Å². The summed E-state index contributed by atoms with van der Waals surface area (Å²) in [7, 11) is 2.06. The van der Waals surface area contributed by atoms with Gasteiger partial charge in [-0.15, -0.1) is 0 Å². The average Bonchev–Trinajstić information content (AvgIpc) is 3.03. The Morgan fingerprint density at radius 2 is 1.81 bits per heavy atom. The van der Waals surface area contributed by atoms with Gasteiger partial charge in [0.25, 0.3) is 0 Å². The van der Waals surface area contributed by atoms with E-state index >= 15 is 8.78 Å². The summed E-state index contributed by atoms with van der Waals surface area (Å²) in [6.07, 6.45) is -1.33. The first-order valence-electron chi connectivity index (χ1n) is 11.8. The van der Waals surface area contributed by atoms with Gasteiger partial charge in [-0.1, -0.05) is 0 Å². The standard InChI is InChI=1S/C22H31F2N7O4S/c1-15(32)25-13-17-14-30(22(33)35-17)16-11-18(23)20(19(24)12-16)28-5-8-31(34-10-9-28)21(36)26-29-6-3-27(2)4-7-29/h11-12,17H,3-10,13-14H2,1-2H3,(H,25,32)(H,26,36)/t17-/m0/s1. The Hall–Kier alpha value is -2.81. The number of hydrogen-bond acceptors (Lipinski definition) is 8. The van der Waals surface area contributed by atoms with E-state index in [0.29, 0.717) is 11.7 Å².